The molecular weight excluding hydrogens is 488 g/mol. The van der Waals surface area contributed by atoms with E-state index in [0.717, 1.165) is 45.5 Å². The molecule has 0 bridgehead atoms. The maximum Gasteiger partial charge on any atom is 0.335 e. The van der Waals surface area contributed by atoms with Gasteiger partial charge in [-0.25, -0.2) is 4.79 Å². The summed E-state index contributed by atoms with van der Waals surface area (Å²) in [4.78, 5) is 11.7. The Kier molecular flexibility index (Phi) is 8.41. The van der Waals surface area contributed by atoms with Crippen molar-refractivity contribution in [3.63, 3.8) is 0 Å². The Morgan fingerprint density at radius 1 is 0.675 bits per heavy atom. The second-order valence-electron chi connectivity index (χ2n) is 9.63. The standard InChI is InChI=1S/C38H30O2/c1-3-5-6-11-30-24-25-31(34-13-8-7-12-33(30)34)22-20-28-16-18-29(19-17-28)21-23-32-26-27-37(40-38(39)4-2)36-15-10-9-14-35(32)36/h4,7-10,12-19,24-27H,2-3,5-6,11H2,1H3. The lowest BCUT2D eigenvalue weighted by Crippen LogP contribution is -2.03. The Balaban J connectivity index is 1.37. The van der Waals surface area contributed by atoms with E-state index in [-0.39, 0.29) is 0 Å². The van der Waals surface area contributed by atoms with Gasteiger partial charge in [0.25, 0.3) is 0 Å². The first-order valence-corrected chi connectivity index (χ1v) is 13.7. The van der Waals surface area contributed by atoms with Gasteiger partial charge in [0.2, 0.25) is 0 Å². The van der Waals surface area contributed by atoms with Crippen LogP contribution >= 0.6 is 0 Å². The molecule has 5 rings (SSSR count). The second-order valence-corrected chi connectivity index (χ2v) is 9.63. The van der Waals surface area contributed by atoms with E-state index < -0.39 is 5.97 Å². The maximum absolute atomic E-state index is 11.7. The molecule has 0 aromatic heterocycles. The van der Waals surface area contributed by atoms with E-state index >= 15 is 0 Å². The lowest BCUT2D eigenvalue weighted by molar-refractivity contribution is -0.128. The second kappa shape index (κ2) is 12.7. The molecule has 0 aliphatic carbocycles. The zero-order valence-corrected chi connectivity index (χ0v) is 22.7. The van der Waals surface area contributed by atoms with Crippen LogP contribution in [0.15, 0.2) is 110 Å². The largest absolute Gasteiger partial charge is 0.423 e. The molecule has 0 atom stereocenters. The van der Waals surface area contributed by atoms with E-state index in [0.29, 0.717) is 5.75 Å². The van der Waals surface area contributed by atoms with Gasteiger partial charge in [-0.1, -0.05) is 105 Å². The summed E-state index contributed by atoms with van der Waals surface area (Å²) in [6.45, 7) is 5.71. The van der Waals surface area contributed by atoms with Gasteiger partial charge in [-0.05, 0) is 71.6 Å². The minimum Gasteiger partial charge on any atom is -0.423 e. The number of carbonyl (C=O) groups is 1. The van der Waals surface area contributed by atoms with Crippen molar-refractivity contribution in [1.82, 2.24) is 0 Å². The minimum absolute atomic E-state index is 0.486. The molecule has 0 radical (unpaired) electrons. The topological polar surface area (TPSA) is 26.3 Å². The van der Waals surface area contributed by atoms with Crippen LogP contribution in [-0.4, -0.2) is 5.97 Å². The van der Waals surface area contributed by atoms with Crippen molar-refractivity contribution >= 4 is 27.5 Å². The summed E-state index contributed by atoms with van der Waals surface area (Å²) < 4.78 is 5.39. The van der Waals surface area contributed by atoms with Crippen molar-refractivity contribution in [2.75, 3.05) is 0 Å². The predicted octanol–water partition coefficient (Wildman–Crippen LogP) is 8.62. The zero-order chi connectivity index (χ0) is 27.7. The smallest absolute Gasteiger partial charge is 0.335 e. The van der Waals surface area contributed by atoms with Gasteiger partial charge in [-0.15, -0.1) is 0 Å². The fourth-order valence-electron chi connectivity index (χ4n) is 4.79. The van der Waals surface area contributed by atoms with Gasteiger partial charge in [-0.2, -0.15) is 0 Å². The first kappa shape index (κ1) is 26.6. The van der Waals surface area contributed by atoms with Crippen LogP contribution in [0.25, 0.3) is 21.5 Å². The number of benzene rings is 5. The Bertz CT molecular complexity index is 1820. The first-order chi connectivity index (χ1) is 19.7. The van der Waals surface area contributed by atoms with E-state index in [2.05, 4.69) is 73.6 Å². The number of ether oxygens (including phenoxy) is 1. The molecule has 0 aliphatic heterocycles. The molecule has 0 heterocycles. The van der Waals surface area contributed by atoms with Gasteiger partial charge in [0, 0.05) is 39.1 Å². The Morgan fingerprint density at radius 2 is 1.23 bits per heavy atom. The number of unbranched alkanes of at least 4 members (excludes halogenated alkanes) is 2. The highest BCUT2D eigenvalue weighted by atomic mass is 16.5. The summed E-state index contributed by atoms with van der Waals surface area (Å²) in [6, 6.07) is 32.4. The van der Waals surface area contributed by atoms with Gasteiger partial charge in [0.15, 0.2) is 0 Å². The van der Waals surface area contributed by atoms with E-state index in [4.69, 9.17) is 4.74 Å². The van der Waals surface area contributed by atoms with Crippen molar-refractivity contribution in [1.29, 1.82) is 0 Å². The van der Waals surface area contributed by atoms with Crippen LogP contribution in [0.1, 0.15) is 54.0 Å². The molecule has 0 unspecified atom stereocenters. The molecule has 5 aromatic carbocycles. The van der Waals surface area contributed by atoms with Crippen molar-refractivity contribution in [3.8, 4) is 29.4 Å². The van der Waals surface area contributed by atoms with E-state index in [1.165, 1.54) is 35.6 Å². The van der Waals surface area contributed by atoms with Gasteiger partial charge in [0.1, 0.15) is 5.75 Å². The third kappa shape index (κ3) is 6.15. The zero-order valence-electron chi connectivity index (χ0n) is 22.7. The molecule has 0 aliphatic rings. The highest BCUT2D eigenvalue weighted by Crippen LogP contribution is 2.28. The highest BCUT2D eigenvalue weighted by molar-refractivity contribution is 5.96. The molecule has 0 amide bonds. The maximum atomic E-state index is 11.7. The van der Waals surface area contributed by atoms with E-state index in [1.54, 1.807) is 6.07 Å². The normalized spacial score (nSPS) is 10.3. The van der Waals surface area contributed by atoms with Crippen LogP contribution in [0.3, 0.4) is 0 Å². The van der Waals surface area contributed by atoms with Crippen LogP contribution in [0.2, 0.25) is 0 Å². The number of hydrogen-bond donors (Lipinski definition) is 0. The number of carbonyl (C=O) groups excluding carboxylic acids is 1. The average molecular weight is 519 g/mol. The third-order valence-corrected chi connectivity index (χ3v) is 6.89. The molecule has 2 nitrogen and oxygen atoms in total. The Morgan fingerprint density at radius 3 is 1.82 bits per heavy atom. The van der Waals surface area contributed by atoms with Gasteiger partial charge in [0.05, 0.1) is 0 Å². The lowest BCUT2D eigenvalue weighted by Gasteiger charge is -2.08. The van der Waals surface area contributed by atoms with Crippen molar-refractivity contribution < 1.29 is 9.53 Å². The average Bonchev–Trinajstić information content (AvgIpc) is 3.00. The lowest BCUT2D eigenvalue weighted by atomic mass is 9.96. The predicted molar refractivity (Wildman–Crippen MR) is 165 cm³/mol. The van der Waals surface area contributed by atoms with Crippen molar-refractivity contribution in [2.24, 2.45) is 0 Å². The molecular formula is C38H30O2. The number of esters is 1. The Labute approximate surface area is 236 Å². The van der Waals surface area contributed by atoms with Crippen LogP contribution in [0.4, 0.5) is 0 Å². The number of fused-ring (bicyclic) bond motifs is 2. The SMILES string of the molecule is C=CC(=O)Oc1ccc(C#Cc2ccc(C#Cc3ccc(CCCCC)c4ccccc34)cc2)c2ccccc12. The summed E-state index contributed by atoms with van der Waals surface area (Å²) >= 11 is 0. The van der Waals surface area contributed by atoms with Crippen LogP contribution in [0, 0.1) is 23.7 Å². The summed E-state index contributed by atoms with van der Waals surface area (Å²) in [5.74, 6) is 13.3. The van der Waals surface area contributed by atoms with Gasteiger partial charge >= 0.3 is 5.97 Å². The summed E-state index contributed by atoms with van der Waals surface area (Å²) in [6.07, 6.45) is 5.96. The number of rotatable bonds is 6. The number of hydrogen-bond acceptors (Lipinski definition) is 2. The minimum atomic E-state index is -0.486. The van der Waals surface area contributed by atoms with E-state index in [1.807, 2.05) is 54.6 Å². The first-order valence-electron chi connectivity index (χ1n) is 13.7. The van der Waals surface area contributed by atoms with Crippen LogP contribution in [0.5, 0.6) is 5.75 Å². The van der Waals surface area contributed by atoms with Crippen molar-refractivity contribution in [2.45, 2.75) is 32.6 Å². The fraction of sp³-hybridized carbons (Fsp3) is 0.132. The molecule has 194 valence electrons. The van der Waals surface area contributed by atoms with Gasteiger partial charge in [-0.3, -0.25) is 0 Å². The molecule has 0 N–H and O–H groups in total. The quantitative estimate of drug-likeness (QED) is 0.0739. The molecule has 5 aromatic rings. The summed E-state index contributed by atoms with van der Waals surface area (Å²) in [5, 5.41) is 4.27. The van der Waals surface area contributed by atoms with Crippen molar-refractivity contribution in [3.05, 3.63) is 138 Å². The van der Waals surface area contributed by atoms with Gasteiger partial charge < -0.3 is 4.74 Å². The number of aryl methyl sites for hydroxylation is 1. The molecule has 0 saturated heterocycles. The highest BCUT2D eigenvalue weighted by Gasteiger charge is 2.08. The Hall–Kier alpha value is -5.05. The third-order valence-electron chi connectivity index (χ3n) is 6.89. The van der Waals surface area contributed by atoms with Crippen LogP contribution < -0.4 is 4.74 Å². The summed E-state index contributed by atoms with van der Waals surface area (Å²) in [7, 11) is 0. The molecule has 0 spiro atoms. The molecule has 0 saturated carbocycles. The fourth-order valence-corrected chi connectivity index (χ4v) is 4.79. The molecule has 0 fully saturated rings. The molecule has 2 heteroatoms. The summed E-state index contributed by atoms with van der Waals surface area (Å²) in [5.41, 5.74) is 5.16. The van der Waals surface area contributed by atoms with Crippen LogP contribution in [-0.2, 0) is 11.2 Å². The monoisotopic (exact) mass is 518 g/mol. The van der Waals surface area contributed by atoms with E-state index in [9.17, 15) is 4.79 Å². The molecule has 40 heavy (non-hydrogen) atoms.